The number of nitriles is 1. The van der Waals surface area contributed by atoms with E-state index < -0.39 is 17.7 Å². The van der Waals surface area contributed by atoms with Gasteiger partial charge in [-0.05, 0) is 34.4 Å². The number of aromatic nitrogens is 2. The van der Waals surface area contributed by atoms with Gasteiger partial charge >= 0.3 is 6.09 Å². The van der Waals surface area contributed by atoms with Crippen LogP contribution in [0.1, 0.15) is 22.6 Å². The van der Waals surface area contributed by atoms with Crippen molar-refractivity contribution in [2.24, 2.45) is 0 Å². The van der Waals surface area contributed by atoms with Crippen LogP contribution in [0.3, 0.4) is 0 Å². The van der Waals surface area contributed by atoms with Crippen molar-refractivity contribution >= 4 is 11.9 Å². The van der Waals surface area contributed by atoms with Crippen molar-refractivity contribution in [2.45, 2.75) is 5.92 Å². The normalized spacial score (nSPS) is 12.0. The molecule has 1 amide bonds. The van der Waals surface area contributed by atoms with Gasteiger partial charge in [-0.2, -0.15) is 10.4 Å². The highest BCUT2D eigenvalue weighted by Crippen LogP contribution is 2.44. The van der Waals surface area contributed by atoms with Gasteiger partial charge in [-0.1, -0.05) is 48.5 Å². The number of nitrogens with one attached hydrogen (secondary N) is 1. The Labute approximate surface area is 187 Å². The number of ether oxygens (including phenoxy) is 1. The molecule has 1 aliphatic rings. The van der Waals surface area contributed by atoms with Crippen molar-refractivity contribution in [1.82, 2.24) is 9.78 Å². The van der Waals surface area contributed by atoms with Crippen molar-refractivity contribution in [1.29, 1.82) is 5.26 Å². The Morgan fingerprint density at radius 2 is 1.64 bits per heavy atom. The maximum Gasteiger partial charge on any atom is 0.412 e. The number of anilines is 1. The maximum absolute atomic E-state index is 13.7. The molecule has 0 atom stereocenters. The summed E-state index contributed by atoms with van der Waals surface area (Å²) in [6.07, 6.45) is 0.383. The summed E-state index contributed by atoms with van der Waals surface area (Å²) < 4.78 is 33.9. The zero-order chi connectivity index (χ0) is 22.9. The number of carbonyl (C=O) groups excluding carboxylic acids is 1. The number of rotatable bonds is 4. The monoisotopic (exact) mass is 442 g/mol. The molecule has 1 heterocycles. The van der Waals surface area contributed by atoms with E-state index in [0.717, 1.165) is 45.1 Å². The zero-order valence-electron chi connectivity index (χ0n) is 17.1. The van der Waals surface area contributed by atoms with Crippen LogP contribution in [0.5, 0.6) is 0 Å². The Morgan fingerprint density at radius 1 is 1.03 bits per heavy atom. The first-order chi connectivity index (χ1) is 16.0. The van der Waals surface area contributed by atoms with E-state index in [2.05, 4.69) is 10.4 Å². The smallest absolute Gasteiger partial charge is 0.412 e. The van der Waals surface area contributed by atoms with Gasteiger partial charge in [0.25, 0.3) is 0 Å². The summed E-state index contributed by atoms with van der Waals surface area (Å²) in [5.41, 5.74) is 4.35. The van der Waals surface area contributed by atoms with Crippen molar-refractivity contribution < 1.29 is 18.3 Å². The topological polar surface area (TPSA) is 79.9 Å². The standard InChI is InChI=1S/C25H16F2N4O2/c26-16-9-17(27)11-18(10-16)31-24(15(12-28)13-29-31)30-25(32)33-14-23-21-7-3-1-5-19(21)20-6-2-4-8-22(20)23/h1-11,13,23H,14H2,(H,30,32). The molecule has 3 aromatic carbocycles. The van der Waals surface area contributed by atoms with Crippen LogP contribution < -0.4 is 5.32 Å². The van der Waals surface area contributed by atoms with Crippen LogP contribution >= 0.6 is 0 Å². The Balaban J connectivity index is 1.38. The fourth-order valence-corrected chi connectivity index (χ4v) is 4.14. The SMILES string of the molecule is N#Cc1cnn(-c2cc(F)cc(F)c2)c1NC(=O)OCC1c2ccccc2-c2ccccc21. The molecule has 162 valence electrons. The Bertz CT molecular complexity index is 1360. The van der Waals surface area contributed by atoms with Gasteiger partial charge in [0, 0.05) is 12.0 Å². The highest BCUT2D eigenvalue weighted by atomic mass is 19.1. The minimum Gasteiger partial charge on any atom is -0.448 e. The van der Waals surface area contributed by atoms with Crippen LogP contribution in [0.25, 0.3) is 16.8 Å². The lowest BCUT2D eigenvalue weighted by Crippen LogP contribution is -2.20. The van der Waals surface area contributed by atoms with E-state index in [1.807, 2.05) is 54.6 Å². The van der Waals surface area contributed by atoms with Crippen molar-refractivity contribution in [3.05, 3.63) is 101 Å². The molecule has 0 fully saturated rings. The van der Waals surface area contributed by atoms with E-state index in [0.29, 0.717) is 0 Å². The lowest BCUT2D eigenvalue weighted by Gasteiger charge is -2.15. The van der Waals surface area contributed by atoms with Gasteiger partial charge in [-0.3, -0.25) is 5.32 Å². The predicted molar refractivity (Wildman–Crippen MR) is 117 cm³/mol. The molecule has 0 aliphatic heterocycles. The molecule has 1 aromatic heterocycles. The number of nitrogens with zero attached hydrogens (tertiary/aromatic N) is 3. The largest absolute Gasteiger partial charge is 0.448 e. The molecular weight excluding hydrogens is 426 g/mol. The van der Waals surface area contributed by atoms with Crippen LogP contribution in [0.2, 0.25) is 0 Å². The molecule has 0 unspecified atom stereocenters. The molecule has 0 radical (unpaired) electrons. The molecule has 0 saturated carbocycles. The number of hydrogen-bond donors (Lipinski definition) is 1. The van der Waals surface area contributed by atoms with E-state index in [1.54, 1.807) is 0 Å². The van der Waals surface area contributed by atoms with E-state index in [9.17, 15) is 18.8 Å². The van der Waals surface area contributed by atoms with Crippen LogP contribution in [0.4, 0.5) is 19.4 Å². The molecule has 4 aromatic rings. The number of benzene rings is 3. The van der Waals surface area contributed by atoms with E-state index in [4.69, 9.17) is 4.74 Å². The third-order valence-electron chi connectivity index (χ3n) is 5.55. The number of halogens is 2. The van der Waals surface area contributed by atoms with E-state index in [-0.39, 0.29) is 29.6 Å². The number of carbonyl (C=O) groups is 1. The predicted octanol–water partition coefficient (Wildman–Crippen LogP) is 5.38. The fraction of sp³-hybridized carbons (Fsp3) is 0.0800. The first-order valence-electron chi connectivity index (χ1n) is 10.1. The second-order valence-electron chi connectivity index (χ2n) is 7.51. The first-order valence-corrected chi connectivity index (χ1v) is 10.1. The maximum atomic E-state index is 13.7. The van der Waals surface area contributed by atoms with Gasteiger partial charge in [0.1, 0.15) is 29.9 Å². The average Bonchev–Trinajstić information content (AvgIpc) is 3.36. The van der Waals surface area contributed by atoms with Gasteiger partial charge in [0.05, 0.1) is 11.9 Å². The summed E-state index contributed by atoms with van der Waals surface area (Å²) in [5, 5.41) is 15.8. The first kappa shape index (κ1) is 20.4. The quantitative estimate of drug-likeness (QED) is 0.460. The Hall–Kier alpha value is -4.51. The van der Waals surface area contributed by atoms with Crippen LogP contribution in [-0.2, 0) is 4.74 Å². The second-order valence-corrected chi connectivity index (χ2v) is 7.51. The minimum absolute atomic E-state index is 0.0166. The lowest BCUT2D eigenvalue weighted by atomic mass is 9.98. The molecule has 33 heavy (non-hydrogen) atoms. The summed E-state index contributed by atoms with van der Waals surface area (Å²) >= 11 is 0. The summed E-state index contributed by atoms with van der Waals surface area (Å²) in [4.78, 5) is 12.6. The van der Waals surface area contributed by atoms with Crippen LogP contribution in [0.15, 0.2) is 72.9 Å². The van der Waals surface area contributed by atoms with Crippen LogP contribution in [0, 0.1) is 23.0 Å². The Kier molecular flexibility index (Phi) is 5.07. The molecular formula is C25H16F2N4O2. The molecule has 0 spiro atoms. The minimum atomic E-state index is -0.814. The van der Waals surface area contributed by atoms with Crippen molar-refractivity contribution in [3.63, 3.8) is 0 Å². The van der Waals surface area contributed by atoms with Gasteiger partial charge in [0.2, 0.25) is 0 Å². The molecule has 0 bridgehead atoms. The molecule has 0 saturated heterocycles. The third kappa shape index (κ3) is 3.70. The lowest BCUT2D eigenvalue weighted by molar-refractivity contribution is 0.158. The summed E-state index contributed by atoms with van der Waals surface area (Å²) in [6.45, 7) is 0.0739. The Morgan fingerprint density at radius 3 is 2.24 bits per heavy atom. The zero-order valence-corrected chi connectivity index (χ0v) is 17.1. The van der Waals surface area contributed by atoms with Crippen molar-refractivity contribution in [2.75, 3.05) is 11.9 Å². The van der Waals surface area contributed by atoms with Gasteiger partial charge in [-0.25, -0.2) is 18.3 Å². The van der Waals surface area contributed by atoms with E-state index >= 15 is 0 Å². The summed E-state index contributed by atoms with van der Waals surface area (Å²) in [5.74, 6) is -1.81. The van der Waals surface area contributed by atoms with Gasteiger partial charge in [-0.15, -0.1) is 0 Å². The molecule has 5 rings (SSSR count). The number of fused-ring (bicyclic) bond motifs is 3. The fourth-order valence-electron chi connectivity index (χ4n) is 4.14. The third-order valence-corrected chi connectivity index (χ3v) is 5.55. The summed E-state index contributed by atoms with van der Waals surface area (Å²) in [7, 11) is 0. The molecule has 8 heteroatoms. The second kappa shape index (κ2) is 8.20. The van der Waals surface area contributed by atoms with Gasteiger partial charge in [0.15, 0.2) is 5.82 Å². The highest BCUT2D eigenvalue weighted by molar-refractivity contribution is 5.86. The van der Waals surface area contributed by atoms with Gasteiger partial charge < -0.3 is 4.74 Å². The highest BCUT2D eigenvalue weighted by Gasteiger charge is 2.29. The average molecular weight is 442 g/mol. The number of hydrogen-bond acceptors (Lipinski definition) is 4. The molecule has 1 aliphatic carbocycles. The van der Waals surface area contributed by atoms with Crippen LogP contribution in [-0.4, -0.2) is 22.5 Å². The molecule has 1 N–H and O–H groups in total. The van der Waals surface area contributed by atoms with Crippen molar-refractivity contribution in [3.8, 4) is 22.9 Å². The van der Waals surface area contributed by atoms with E-state index in [1.165, 1.54) is 6.20 Å². The summed E-state index contributed by atoms with van der Waals surface area (Å²) in [6, 6.07) is 20.6. The molecule has 6 nitrogen and oxygen atoms in total. The number of amides is 1.